The summed E-state index contributed by atoms with van der Waals surface area (Å²) in [5.74, 6) is 0. The Morgan fingerprint density at radius 1 is 1.30 bits per heavy atom. The molecule has 20 heavy (non-hydrogen) atoms. The van der Waals surface area contributed by atoms with Gasteiger partial charge in [0.05, 0.1) is 5.02 Å². The van der Waals surface area contributed by atoms with Crippen molar-refractivity contribution in [1.29, 1.82) is 0 Å². The highest BCUT2D eigenvalue weighted by molar-refractivity contribution is 7.89. The van der Waals surface area contributed by atoms with Gasteiger partial charge in [-0.1, -0.05) is 30.1 Å². The summed E-state index contributed by atoms with van der Waals surface area (Å²) in [5.41, 5.74) is -0.0244. The molecular formula is C13H18Cl2N2O2S. The van der Waals surface area contributed by atoms with Crippen LogP contribution >= 0.6 is 23.2 Å². The average molecular weight is 337 g/mol. The van der Waals surface area contributed by atoms with E-state index in [1.807, 2.05) is 0 Å². The third-order valence-corrected chi connectivity index (χ3v) is 5.80. The van der Waals surface area contributed by atoms with Crippen LogP contribution in [0.3, 0.4) is 0 Å². The summed E-state index contributed by atoms with van der Waals surface area (Å²) in [5, 5.41) is 3.80. The summed E-state index contributed by atoms with van der Waals surface area (Å²) in [7, 11) is -3.64. The van der Waals surface area contributed by atoms with Gasteiger partial charge in [-0.05, 0) is 49.5 Å². The lowest BCUT2D eigenvalue weighted by Crippen LogP contribution is -2.42. The molecule has 4 nitrogen and oxygen atoms in total. The molecule has 1 aromatic carbocycles. The summed E-state index contributed by atoms with van der Waals surface area (Å²) >= 11 is 11.8. The molecule has 1 aliphatic rings. The molecule has 0 unspecified atom stereocenters. The van der Waals surface area contributed by atoms with Crippen LogP contribution in [-0.4, -0.2) is 28.1 Å². The largest absolute Gasteiger partial charge is 0.317 e. The molecule has 1 saturated heterocycles. The lowest BCUT2D eigenvalue weighted by molar-refractivity contribution is 0.232. The van der Waals surface area contributed by atoms with Crippen LogP contribution in [0.1, 0.15) is 19.8 Å². The first-order valence-corrected chi connectivity index (χ1v) is 8.72. The van der Waals surface area contributed by atoms with Gasteiger partial charge in [-0.15, -0.1) is 0 Å². The van der Waals surface area contributed by atoms with Gasteiger partial charge in [0.1, 0.15) is 4.90 Å². The fraction of sp³-hybridized carbons (Fsp3) is 0.538. The van der Waals surface area contributed by atoms with Crippen LogP contribution < -0.4 is 10.0 Å². The second-order valence-electron chi connectivity index (χ2n) is 5.46. The van der Waals surface area contributed by atoms with Crippen molar-refractivity contribution in [3.8, 4) is 0 Å². The summed E-state index contributed by atoms with van der Waals surface area (Å²) in [6.45, 7) is 4.32. The fourth-order valence-electron chi connectivity index (χ4n) is 2.24. The number of hydrogen-bond donors (Lipinski definition) is 2. The molecule has 2 rings (SSSR count). The van der Waals surface area contributed by atoms with Gasteiger partial charge in [0.25, 0.3) is 0 Å². The Bertz CT molecular complexity index is 584. The summed E-state index contributed by atoms with van der Waals surface area (Å²) < 4.78 is 27.3. The molecular weight excluding hydrogens is 319 g/mol. The zero-order valence-corrected chi connectivity index (χ0v) is 13.6. The van der Waals surface area contributed by atoms with Crippen molar-refractivity contribution in [2.24, 2.45) is 5.41 Å². The lowest BCUT2D eigenvalue weighted by Gasteiger charge is -2.34. The predicted molar refractivity (Wildman–Crippen MR) is 81.9 cm³/mol. The second-order valence-corrected chi connectivity index (χ2v) is 8.04. The standard InChI is InChI=1S/C13H18Cl2N2O2S/c1-13(4-6-16-7-5-13)9-17-20(18,19)12-8-10(14)2-3-11(12)15/h2-3,8,16-17H,4-7,9H2,1H3. The molecule has 1 fully saturated rings. The Morgan fingerprint density at radius 3 is 2.60 bits per heavy atom. The van der Waals surface area contributed by atoms with E-state index in [1.165, 1.54) is 12.1 Å². The highest BCUT2D eigenvalue weighted by atomic mass is 35.5. The fourth-order valence-corrected chi connectivity index (χ4v) is 4.20. The van der Waals surface area contributed by atoms with Crippen LogP contribution in [0.15, 0.2) is 23.1 Å². The van der Waals surface area contributed by atoms with E-state index < -0.39 is 10.0 Å². The molecule has 1 aliphatic heterocycles. The third-order valence-electron chi connectivity index (χ3n) is 3.68. The summed E-state index contributed by atoms with van der Waals surface area (Å²) in [4.78, 5) is 0.0317. The third kappa shape index (κ3) is 3.86. The predicted octanol–water partition coefficient (Wildman–Crippen LogP) is 2.66. The lowest BCUT2D eigenvalue weighted by atomic mass is 9.81. The van der Waals surface area contributed by atoms with Gasteiger partial charge in [0.15, 0.2) is 0 Å². The van der Waals surface area contributed by atoms with E-state index in [0.717, 1.165) is 25.9 Å². The first-order valence-electron chi connectivity index (χ1n) is 6.48. The van der Waals surface area contributed by atoms with Crippen molar-refractivity contribution in [3.05, 3.63) is 28.2 Å². The molecule has 0 aromatic heterocycles. The topological polar surface area (TPSA) is 58.2 Å². The minimum Gasteiger partial charge on any atom is -0.317 e. The van der Waals surface area contributed by atoms with Crippen molar-refractivity contribution >= 4 is 33.2 Å². The van der Waals surface area contributed by atoms with Gasteiger partial charge in [0, 0.05) is 11.6 Å². The normalized spacial score (nSPS) is 18.9. The van der Waals surface area contributed by atoms with Gasteiger partial charge in [-0.25, -0.2) is 13.1 Å². The number of piperidine rings is 1. The number of halogens is 2. The Morgan fingerprint density at radius 2 is 1.95 bits per heavy atom. The first-order chi connectivity index (χ1) is 9.32. The summed E-state index contributed by atoms with van der Waals surface area (Å²) in [6, 6.07) is 4.43. The van der Waals surface area contributed by atoms with E-state index in [2.05, 4.69) is 17.0 Å². The van der Waals surface area contributed by atoms with Crippen molar-refractivity contribution in [2.45, 2.75) is 24.7 Å². The quantitative estimate of drug-likeness (QED) is 0.888. The van der Waals surface area contributed by atoms with Crippen molar-refractivity contribution < 1.29 is 8.42 Å². The van der Waals surface area contributed by atoms with E-state index in [-0.39, 0.29) is 15.3 Å². The van der Waals surface area contributed by atoms with Gasteiger partial charge in [-0.2, -0.15) is 0 Å². The zero-order chi connectivity index (χ0) is 14.8. The molecule has 0 radical (unpaired) electrons. The monoisotopic (exact) mass is 336 g/mol. The van der Waals surface area contributed by atoms with Crippen LogP contribution in [0.4, 0.5) is 0 Å². The maximum absolute atomic E-state index is 12.3. The molecule has 0 bridgehead atoms. The minimum atomic E-state index is -3.64. The first kappa shape index (κ1) is 16.0. The van der Waals surface area contributed by atoms with Crippen LogP contribution in [0, 0.1) is 5.41 Å². The van der Waals surface area contributed by atoms with Crippen LogP contribution in [-0.2, 0) is 10.0 Å². The Hall–Kier alpha value is -0.330. The molecule has 0 aliphatic carbocycles. The van der Waals surface area contributed by atoms with Crippen molar-refractivity contribution in [3.63, 3.8) is 0 Å². The number of nitrogens with one attached hydrogen (secondary N) is 2. The molecule has 0 saturated carbocycles. The highest BCUT2D eigenvalue weighted by Crippen LogP contribution is 2.29. The molecule has 112 valence electrons. The number of sulfonamides is 1. The highest BCUT2D eigenvalue weighted by Gasteiger charge is 2.29. The van der Waals surface area contributed by atoms with Crippen molar-refractivity contribution in [2.75, 3.05) is 19.6 Å². The van der Waals surface area contributed by atoms with E-state index >= 15 is 0 Å². The molecule has 1 heterocycles. The Balaban J connectivity index is 2.13. The summed E-state index contributed by atoms with van der Waals surface area (Å²) in [6.07, 6.45) is 1.89. The molecule has 2 N–H and O–H groups in total. The molecule has 0 amide bonds. The molecule has 0 spiro atoms. The maximum Gasteiger partial charge on any atom is 0.242 e. The van der Waals surface area contributed by atoms with Crippen molar-refractivity contribution in [1.82, 2.24) is 10.0 Å². The van der Waals surface area contributed by atoms with Gasteiger partial charge < -0.3 is 5.32 Å². The second kappa shape index (κ2) is 6.20. The van der Waals surface area contributed by atoms with E-state index in [9.17, 15) is 8.42 Å². The zero-order valence-electron chi connectivity index (χ0n) is 11.2. The van der Waals surface area contributed by atoms with E-state index in [0.29, 0.717) is 11.6 Å². The maximum atomic E-state index is 12.3. The molecule has 0 atom stereocenters. The Labute approximate surface area is 129 Å². The van der Waals surface area contributed by atoms with E-state index in [1.54, 1.807) is 6.07 Å². The van der Waals surface area contributed by atoms with Gasteiger partial charge in [0.2, 0.25) is 10.0 Å². The Kier molecular flexibility index (Phi) is 4.97. The molecule has 7 heteroatoms. The van der Waals surface area contributed by atoms with Crippen LogP contribution in [0.2, 0.25) is 10.0 Å². The van der Waals surface area contributed by atoms with Gasteiger partial charge in [-0.3, -0.25) is 0 Å². The SMILES string of the molecule is CC1(CNS(=O)(=O)c2cc(Cl)ccc2Cl)CCNCC1. The van der Waals surface area contributed by atoms with Crippen LogP contribution in [0.5, 0.6) is 0 Å². The molecule has 1 aromatic rings. The minimum absolute atomic E-state index is 0.0244. The number of benzene rings is 1. The number of rotatable bonds is 4. The number of hydrogen-bond acceptors (Lipinski definition) is 3. The van der Waals surface area contributed by atoms with Gasteiger partial charge >= 0.3 is 0 Å². The smallest absolute Gasteiger partial charge is 0.242 e. The van der Waals surface area contributed by atoms with E-state index in [4.69, 9.17) is 23.2 Å². The average Bonchev–Trinajstić information content (AvgIpc) is 2.40. The van der Waals surface area contributed by atoms with Crippen LogP contribution in [0.25, 0.3) is 0 Å².